The molecule has 1 amide bonds. The molecule has 1 N–H and O–H groups in total. The molecule has 0 spiro atoms. The average Bonchev–Trinajstić information content (AvgIpc) is 2.69. The zero-order valence-electron chi connectivity index (χ0n) is 16.2. The number of nitrogens with zero attached hydrogens (tertiary/aromatic N) is 1. The SMILES string of the molecule is CCOC(=O)C[C@H]1COc2cc(F)ccc2N1Cc1cc(F)c2c(c1)NC(=O)CO2. The standard InChI is InChI=1S/C21H20F2N2O5/c1-2-28-20(27)8-14-10-29-18-7-13(22)3-4-17(18)25(14)9-12-5-15(23)21-16(6-12)24-19(26)11-30-21/h3-7,14H,2,8-11H2,1H3,(H,24,26)/t14-/m0/s1. The van der Waals surface area contributed by atoms with Gasteiger partial charge < -0.3 is 24.4 Å². The van der Waals surface area contributed by atoms with Gasteiger partial charge in [0.05, 0.1) is 30.4 Å². The van der Waals surface area contributed by atoms with E-state index < -0.39 is 17.7 Å². The lowest BCUT2D eigenvalue weighted by atomic mass is 10.1. The molecule has 2 aromatic rings. The molecule has 158 valence electrons. The van der Waals surface area contributed by atoms with E-state index in [-0.39, 0.29) is 56.1 Å². The predicted molar refractivity (Wildman–Crippen MR) is 104 cm³/mol. The first-order valence-corrected chi connectivity index (χ1v) is 9.54. The fraction of sp³-hybridized carbons (Fsp3) is 0.333. The first-order chi connectivity index (χ1) is 14.4. The third-order valence-corrected chi connectivity index (χ3v) is 4.89. The van der Waals surface area contributed by atoms with Crippen molar-refractivity contribution in [3.05, 3.63) is 47.5 Å². The number of halogens is 2. The van der Waals surface area contributed by atoms with Crippen molar-refractivity contribution >= 4 is 23.3 Å². The molecule has 0 bridgehead atoms. The highest BCUT2D eigenvalue weighted by Gasteiger charge is 2.31. The highest BCUT2D eigenvalue weighted by Crippen LogP contribution is 2.38. The molecule has 2 aromatic carbocycles. The Morgan fingerprint density at radius 2 is 2.10 bits per heavy atom. The minimum absolute atomic E-state index is 0.00845. The number of hydrogen-bond donors (Lipinski definition) is 1. The van der Waals surface area contributed by atoms with Crippen LogP contribution in [0.4, 0.5) is 20.2 Å². The van der Waals surface area contributed by atoms with Gasteiger partial charge in [-0.15, -0.1) is 0 Å². The summed E-state index contributed by atoms with van der Waals surface area (Å²) in [5.74, 6) is -1.48. The average molecular weight is 418 g/mol. The van der Waals surface area contributed by atoms with E-state index in [0.29, 0.717) is 17.0 Å². The monoisotopic (exact) mass is 418 g/mol. The van der Waals surface area contributed by atoms with Gasteiger partial charge >= 0.3 is 5.97 Å². The van der Waals surface area contributed by atoms with Crippen LogP contribution in [0.3, 0.4) is 0 Å². The number of amides is 1. The van der Waals surface area contributed by atoms with Gasteiger partial charge in [-0.05, 0) is 36.8 Å². The van der Waals surface area contributed by atoms with E-state index in [0.717, 1.165) is 0 Å². The summed E-state index contributed by atoms with van der Waals surface area (Å²) in [5.41, 5.74) is 1.37. The van der Waals surface area contributed by atoms with Gasteiger partial charge in [-0.3, -0.25) is 9.59 Å². The minimum atomic E-state index is -0.600. The molecule has 0 fully saturated rings. The molecule has 9 heteroatoms. The Bertz CT molecular complexity index is 998. The van der Waals surface area contributed by atoms with Gasteiger partial charge in [0.15, 0.2) is 18.2 Å². The summed E-state index contributed by atoms with van der Waals surface area (Å²) >= 11 is 0. The lowest BCUT2D eigenvalue weighted by molar-refractivity contribution is -0.143. The van der Waals surface area contributed by atoms with E-state index in [2.05, 4.69) is 5.32 Å². The summed E-state index contributed by atoms with van der Waals surface area (Å²) in [5, 5.41) is 2.59. The summed E-state index contributed by atoms with van der Waals surface area (Å²) in [6.07, 6.45) is 0.0535. The second-order valence-corrected chi connectivity index (χ2v) is 7.01. The Morgan fingerprint density at radius 3 is 2.90 bits per heavy atom. The number of benzene rings is 2. The maximum absolute atomic E-state index is 14.5. The first kappa shape index (κ1) is 19.9. The van der Waals surface area contributed by atoms with Gasteiger partial charge in [-0.2, -0.15) is 0 Å². The Kier molecular flexibility index (Phi) is 5.43. The maximum atomic E-state index is 14.5. The lowest BCUT2D eigenvalue weighted by Crippen LogP contribution is -2.44. The third kappa shape index (κ3) is 4.00. The van der Waals surface area contributed by atoms with Gasteiger partial charge in [-0.1, -0.05) is 0 Å². The van der Waals surface area contributed by atoms with Crippen LogP contribution in [0.25, 0.3) is 0 Å². The Hall–Kier alpha value is -3.36. The number of ether oxygens (including phenoxy) is 3. The molecule has 0 saturated heterocycles. The summed E-state index contributed by atoms with van der Waals surface area (Å²) in [4.78, 5) is 25.5. The number of esters is 1. The van der Waals surface area contributed by atoms with Gasteiger partial charge in [0.2, 0.25) is 0 Å². The van der Waals surface area contributed by atoms with Crippen molar-refractivity contribution in [2.75, 3.05) is 30.0 Å². The quantitative estimate of drug-likeness (QED) is 0.753. The second kappa shape index (κ2) is 8.17. The second-order valence-electron chi connectivity index (χ2n) is 7.01. The Morgan fingerprint density at radius 1 is 1.27 bits per heavy atom. The van der Waals surface area contributed by atoms with Crippen molar-refractivity contribution in [2.24, 2.45) is 0 Å². The van der Waals surface area contributed by atoms with Crippen molar-refractivity contribution in [2.45, 2.75) is 25.9 Å². The fourth-order valence-electron chi connectivity index (χ4n) is 3.61. The van der Waals surface area contributed by atoms with Gasteiger partial charge in [0, 0.05) is 12.6 Å². The van der Waals surface area contributed by atoms with Crippen molar-refractivity contribution in [1.29, 1.82) is 0 Å². The zero-order chi connectivity index (χ0) is 21.3. The van der Waals surface area contributed by atoms with E-state index in [1.807, 2.05) is 4.90 Å². The van der Waals surface area contributed by atoms with Crippen molar-refractivity contribution in [3.8, 4) is 11.5 Å². The molecule has 0 aliphatic carbocycles. The van der Waals surface area contributed by atoms with E-state index in [4.69, 9.17) is 14.2 Å². The predicted octanol–water partition coefficient (Wildman–Crippen LogP) is 3.02. The fourth-order valence-corrected chi connectivity index (χ4v) is 3.61. The van der Waals surface area contributed by atoms with Crippen LogP contribution in [0.1, 0.15) is 18.9 Å². The van der Waals surface area contributed by atoms with Crippen LogP contribution in [0.2, 0.25) is 0 Å². The number of fused-ring (bicyclic) bond motifs is 2. The smallest absolute Gasteiger partial charge is 0.307 e. The number of rotatable bonds is 5. The maximum Gasteiger partial charge on any atom is 0.307 e. The zero-order valence-corrected chi connectivity index (χ0v) is 16.2. The molecule has 1 atom stereocenters. The summed E-state index contributed by atoms with van der Waals surface area (Å²) in [7, 11) is 0. The number of carbonyl (C=O) groups excluding carboxylic acids is 2. The molecule has 0 radical (unpaired) electrons. The van der Waals surface area contributed by atoms with Crippen LogP contribution in [-0.2, 0) is 20.9 Å². The Balaban J connectivity index is 1.66. The van der Waals surface area contributed by atoms with E-state index in [9.17, 15) is 18.4 Å². The van der Waals surface area contributed by atoms with Gasteiger partial charge in [0.1, 0.15) is 18.2 Å². The van der Waals surface area contributed by atoms with Crippen LogP contribution < -0.4 is 19.7 Å². The van der Waals surface area contributed by atoms with Gasteiger partial charge in [0.25, 0.3) is 5.91 Å². The highest BCUT2D eigenvalue weighted by atomic mass is 19.1. The summed E-state index contributed by atoms with van der Waals surface area (Å²) in [6, 6.07) is 6.66. The Labute approximate surface area is 171 Å². The van der Waals surface area contributed by atoms with Crippen LogP contribution in [-0.4, -0.2) is 37.7 Å². The topological polar surface area (TPSA) is 77.1 Å². The van der Waals surface area contributed by atoms with Crippen LogP contribution >= 0.6 is 0 Å². The molecule has 4 rings (SSSR count). The van der Waals surface area contributed by atoms with Crippen LogP contribution in [0.5, 0.6) is 11.5 Å². The third-order valence-electron chi connectivity index (χ3n) is 4.89. The molecule has 0 saturated carbocycles. The lowest BCUT2D eigenvalue weighted by Gasteiger charge is -2.38. The first-order valence-electron chi connectivity index (χ1n) is 9.54. The van der Waals surface area contributed by atoms with Crippen molar-refractivity contribution in [3.63, 3.8) is 0 Å². The summed E-state index contributed by atoms with van der Waals surface area (Å²) in [6.45, 7) is 2.07. The number of carbonyl (C=O) groups is 2. The van der Waals surface area contributed by atoms with Crippen molar-refractivity contribution in [1.82, 2.24) is 0 Å². The molecule has 2 aliphatic rings. The van der Waals surface area contributed by atoms with E-state index in [1.54, 1.807) is 19.1 Å². The molecular weight excluding hydrogens is 398 g/mol. The van der Waals surface area contributed by atoms with E-state index in [1.165, 1.54) is 18.2 Å². The summed E-state index contributed by atoms with van der Waals surface area (Å²) < 4.78 is 44.0. The molecule has 0 aromatic heterocycles. The van der Waals surface area contributed by atoms with Crippen LogP contribution in [0.15, 0.2) is 30.3 Å². The molecular formula is C21H20F2N2O5. The molecule has 0 unspecified atom stereocenters. The van der Waals surface area contributed by atoms with Gasteiger partial charge in [-0.25, -0.2) is 8.78 Å². The van der Waals surface area contributed by atoms with Crippen molar-refractivity contribution < 1.29 is 32.6 Å². The number of nitrogens with one attached hydrogen (secondary N) is 1. The minimum Gasteiger partial charge on any atom is -0.489 e. The van der Waals surface area contributed by atoms with Crippen LogP contribution in [0, 0.1) is 11.6 Å². The molecule has 2 heterocycles. The van der Waals surface area contributed by atoms with E-state index >= 15 is 0 Å². The molecule has 30 heavy (non-hydrogen) atoms. The number of anilines is 2. The molecule has 7 nitrogen and oxygen atoms in total. The number of hydrogen-bond acceptors (Lipinski definition) is 6. The largest absolute Gasteiger partial charge is 0.489 e. The normalized spacial score (nSPS) is 17.2. The molecule has 2 aliphatic heterocycles. The highest BCUT2D eigenvalue weighted by molar-refractivity contribution is 5.95.